The molecule has 1 unspecified atom stereocenters. The summed E-state index contributed by atoms with van der Waals surface area (Å²) in [6, 6.07) is 6.77. The number of fused-ring (bicyclic) bond motifs is 1. The number of nitrogens with zero attached hydrogens (tertiary/aromatic N) is 2. The number of anilines is 1. The number of ether oxygens (including phenoxy) is 3. The van der Waals surface area contributed by atoms with Gasteiger partial charge in [-0.2, -0.15) is 13.2 Å². The van der Waals surface area contributed by atoms with E-state index in [9.17, 15) is 27.6 Å². The Morgan fingerprint density at radius 3 is 2.36 bits per heavy atom. The number of hydrogen-bond donors (Lipinski definition) is 0. The molecule has 1 atom stereocenters. The number of rotatable bonds is 8. The molecule has 1 aliphatic heterocycles. The summed E-state index contributed by atoms with van der Waals surface area (Å²) in [7, 11) is 2.62. The molecule has 1 aliphatic carbocycles. The molecule has 246 valence electrons. The van der Waals surface area contributed by atoms with Crippen LogP contribution < -0.4 is 9.64 Å². The molecule has 0 N–H and O–H groups in total. The molecule has 1 saturated carbocycles. The minimum atomic E-state index is -4.45. The Labute approximate surface area is 262 Å². The van der Waals surface area contributed by atoms with Crippen molar-refractivity contribution >= 4 is 23.7 Å². The van der Waals surface area contributed by atoms with Gasteiger partial charge in [0.1, 0.15) is 24.0 Å². The largest absolute Gasteiger partial charge is 0.489 e. The molecule has 11 heteroatoms. The molecule has 8 nitrogen and oxygen atoms in total. The highest BCUT2D eigenvalue weighted by Gasteiger charge is 2.39. The standard InChI is InChI=1S/C34H43F3N2O6/c1-21-24-16-17-39(31(41)28(19-30(40)43-6)38(5)32(42)45-33(2,3)4)27(24)14-15-29(21)44-20-22-12-13-25(23-10-8-7-9-11-23)26(18-22)34(35,36)37/h12-15,18,23,28H,7-11,16-17,19-20H2,1-6H3. The molecule has 0 spiro atoms. The van der Waals surface area contributed by atoms with Crippen molar-refractivity contribution in [1.29, 1.82) is 0 Å². The summed E-state index contributed by atoms with van der Waals surface area (Å²) < 4.78 is 58.4. The third-order valence-corrected chi connectivity index (χ3v) is 8.55. The monoisotopic (exact) mass is 632 g/mol. The molecular formula is C34H43F3N2O6. The topological polar surface area (TPSA) is 85.4 Å². The number of alkyl halides is 3. The highest BCUT2D eigenvalue weighted by molar-refractivity contribution is 6.02. The third-order valence-electron chi connectivity index (χ3n) is 8.55. The number of amides is 2. The first-order valence-electron chi connectivity index (χ1n) is 15.4. The number of methoxy groups -OCH3 is 1. The lowest BCUT2D eigenvalue weighted by Gasteiger charge is -2.32. The maximum Gasteiger partial charge on any atom is 0.416 e. The molecule has 2 amide bonds. The molecule has 1 heterocycles. The van der Waals surface area contributed by atoms with Gasteiger partial charge in [0.25, 0.3) is 5.91 Å². The number of halogens is 3. The van der Waals surface area contributed by atoms with Crippen LogP contribution in [0, 0.1) is 6.92 Å². The maximum absolute atomic E-state index is 14.0. The summed E-state index contributed by atoms with van der Waals surface area (Å²) in [5.74, 6) is -0.682. The Morgan fingerprint density at radius 2 is 1.73 bits per heavy atom. The average Bonchev–Trinajstić information content (AvgIpc) is 3.43. The van der Waals surface area contributed by atoms with E-state index in [0.29, 0.717) is 35.5 Å². The molecule has 0 bridgehead atoms. The lowest BCUT2D eigenvalue weighted by atomic mass is 9.81. The summed E-state index contributed by atoms with van der Waals surface area (Å²) in [5.41, 5.74) is 1.64. The SMILES string of the molecule is COC(=O)CC(C(=O)N1CCc2c1ccc(OCc1ccc(C3CCCCC3)c(C(F)(F)F)c1)c2C)N(C)C(=O)OC(C)(C)C. The van der Waals surface area contributed by atoms with Crippen LogP contribution in [-0.2, 0) is 38.3 Å². The summed E-state index contributed by atoms with van der Waals surface area (Å²) in [5, 5.41) is 0. The fourth-order valence-corrected chi connectivity index (χ4v) is 6.16. The number of esters is 1. The normalized spacial score (nSPS) is 16.2. The highest BCUT2D eigenvalue weighted by atomic mass is 19.4. The van der Waals surface area contributed by atoms with Gasteiger partial charge < -0.3 is 19.1 Å². The first-order valence-corrected chi connectivity index (χ1v) is 15.4. The maximum atomic E-state index is 14.0. The summed E-state index contributed by atoms with van der Waals surface area (Å²) in [6.45, 7) is 7.23. The van der Waals surface area contributed by atoms with Crippen LogP contribution >= 0.6 is 0 Å². The molecule has 2 aromatic carbocycles. The van der Waals surface area contributed by atoms with Gasteiger partial charge in [-0.1, -0.05) is 31.4 Å². The first-order chi connectivity index (χ1) is 21.1. The Balaban J connectivity index is 1.52. The third kappa shape index (κ3) is 8.10. The highest BCUT2D eigenvalue weighted by Crippen LogP contribution is 2.42. The quantitative estimate of drug-likeness (QED) is 0.284. The van der Waals surface area contributed by atoms with Crippen LogP contribution in [0.15, 0.2) is 30.3 Å². The van der Waals surface area contributed by atoms with Gasteiger partial charge >= 0.3 is 18.2 Å². The van der Waals surface area contributed by atoms with E-state index in [0.717, 1.165) is 48.1 Å². The molecule has 2 aliphatic rings. The van der Waals surface area contributed by atoms with Gasteiger partial charge in [0.2, 0.25) is 0 Å². The van der Waals surface area contributed by atoms with Crippen LogP contribution in [0.25, 0.3) is 0 Å². The average molecular weight is 633 g/mol. The lowest BCUT2D eigenvalue weighted by Crippen LogP contribution is -2.51. The van der Waals surface area contributed by atoms with E-state index >= 15 is 0 Å². The zero-order valence-electron chi connectivity index (χ0n) is 26.9. The van der Waals surface area contributed by atoms with Crippen LogP contribution in [0.3, 0.4) is 0 Å². The fourth-order valence-electron chi connectivity index (χ4n) is 6.16. The Bertz CT molecular complexity index is 1410. The predicted molar refractivity (Wildman–Crippen MR) is 163 cm³/mol. The second-order valence-electron chi connectivity index (χ2n) is 12.9. The fraction of sp³-hybridized carbons (Fsp3) is 0.559. The molecule has 2 aromatic rings. The van der Waals surface area contributed by atoms with Gasteiger partial charge in [-0.25, -0.2) is 4.79 Å². The van der Waals surface area contributed by atoms with E-state index in [-0.39, 0.29) is 18.9 Å². The number of carbonyl (C=O) groups excluding carboxylic acids is 3. The number of carbonyl (C=O) groups is 3. The van der Waals surface area contributed by atoms with Gasteiger partial charge in [0, 0.05) is 19.3 Å². The number of benzene rings is 2. The second kappa shape index (κ2) is 13.7. The van der Waals surface area contributed by atoms with E-state index in [1.54, 1.807) is 45.0 Å². The molecule has 0 aromatic heterocycles. The Hall–Kier alpha value is -3.76. The van der Waals surface area contributed by atoms with Crippen molar-refractivity contribution < 1.29 is 41.8 Å². The summed E-state index contributed by atoms with van der Waals surface area (Å²) >= 11 is 0. The Morgan fingerprint density at radius 1 is 1.04 bits per heavy atom. The van der Waals surface area contributed by atoms with Crippen LogP contribution in [0.5, 0.6) is 5.75 Å². The van der Waals surface area contributed by atoms with Gasteiger partial charge in [0.15, 0.2) is 0 Å². The second-order valence-corrected chi connectivity index (χ2v) is 12.9. The lowest BCUT2D eigenvalue weighted by molar-refractivity contribution is -0.144. The van der Waals surface area contributed by atoms with Crippen LogP contribution in [0.1, 0.15) is 93.0 Å². The van der Waals surface area contributed by atoms with E-state index in [2.05, 4.69) is 0 Å². The van der Waals surface area contributed by atoms with Gasteiger partial charge in [0.05, 0.1) is 19.1 Å². The molecular weight excluding hydrogens is 589 g/mol. The van der Waals surface area contributed by atoms with Crippen molar-refractivity contribution in [2.24, 2.45) is 0 Å². The van der Waals surface area contributed by atoms with E-state index < -0.39 is 41.4 Å². The number of hydrogen-bond acceptors (Lipinski definition) is 6. The van der Waals surface area contributed by atoms with Gasteiger partial charge in [-0.15, -0.1) is 0 Å². The van der Waals surface area contributed by atoms with Crippen LogP contribution in [0.4, 0.5) is 23.7 Å². The Kier molecular flexibility index (Phi) is 10.4. The zero-order chi connectivity index (χ0) is 33.1. The minimum Gasteiger partial charge on any atom is -0.489 e. The van der Waals surface area contributed by atoms with Crippen molar-refractivity contribution in [3.63, 3.8) is 0 Å². The van der Waals surface area contributed by atoms with Gasteiger partial charge in [-0.05, 0) is 93.3 Å². The summed E-state index contributed by atoms with van der Waals surface area (Å²) in [6.07, 6.45) is -0.556. The predicted octanol–water partition coefficient (Wildman–Crippen LogP) is 7.33. The number of likely N-dealkylation sites (N-methyl/N-ethyl adjacent to an activating group) is 1. The van der Waals surface area contributed by atoms with Crippen molar-refractivity contribution in [2.75, 3.05) is 25.6 Å². The molecule has 4 rings (SSSR count). The first kappa shape index (κ1) is 34.1. The summed E-state index contributed by atoms with van der Waals surface area (Å²) in [4.78, 5) is 41.4. The molecule has 0 saturated heterocycles. The van der Waals surface area contributed by atoms with Crippen molar-refractivity contribution in [1.82, 2.24) is 4.90 Å². The van der Waals surface area contributed by atoms with Crippen LogP contribution in [-0.4, -0.2) is 55.2 Å². The van der Waals surface area contributed by atoms with Gasteiger partial charge in [-0.3, -0.25) is 14.5 Å². The van der Waals surface area contributed by atoms with E-state index in [4.69, 9.17) is 14.2 Å². The van der Waals surface area contributed by atoms with Crippen molar-refractivity contribution in [2.45, 2.75) is 103 Å². The smallest absolute Gasteiger partial charge is 0.416 e. The molecule has 45 heavy (non-hydrogen) atoms. The zero-order valence-corrected chi connectivity index (χ0v) is 26.9. The van der Waals surface area contributed by atoms with Crippen LogP contribution in [0.2, 0.25) is 0 Å². The van der Waals surface area contributed by atoms with Crippen molar-refractivity contribution in [3.8, 4) is 5.75 Å². The minimum absolute atomic E-state index is 0.0435. The van der Waals surface area contributed by atoms with E-state index in [1.165, 1.54) is 25.1 Å². The van der Waals surface area contributed by atoms with Crippen molar-refractivity contribution in [3.05, 3.63) is 58.1 Å². The van der Waals surface area contributed by atoms with E-state index in [1.807, 2.05) is 6.92 Å². The molecule has 0 radical (unpaired) electrons. The molecule has 1 fully saturated rings.